The van der Waals surface area contributed by atoms with E-state index in [9.17, 15) is 22.8 Å². The number of carbonyl (C=O) groups excluding carboxylic acids is 2. The number of nitriles is 1. The van der Waals surface area contributed by atoms with Crippen LogP contribution < -0.4 is 4.90 Å². The minimum absolute atomic E-state index is 0.109. The molecule has 36 heavy (non-hydrogen) atoms. The Morgan fingerprint density at radius 2 is 2.03 bits per heavy atom. The van der Waals surface area contributed by atoms with Crippen LogP contribution in [-0.4, -0.2) is 27.0 Å². The van der Waals surface area contributed by atoms with Crippen molar-refractivity contribution in [2.75, 3.05) is 4.90 Å². The van der Waals surface area contributed by atoms with Gasteiger partial charge in [0.25, 0.3) is 5.91 Å². The summed E-state index contributed by atoms with van der Waals surface area (Å²) in [5, 5.41) is 13.5. The van der Waals surface area contributed by atoms with E-state index in [1.807, 2.05) is 12.1 Å². The van der Waals surface area contributed by atoms with Gasteiger partial charge in [0, 0.05) is 42.1 Å². The van der Waals surface area contributed by atoms with Crippen LogP contribution in [-0.2, 0) is 31.6 Å². The third-order valence-electron chi connectivity index (χ3n) is 7.16. The van der Waals surface area contributed by atoms with Crippen molar-refractivity contribution >= 4 is 17.9 Å². The Hall–Kier alpha value is -4.00. The number of amides is 1. The summed E-state index contributed by atoms with van der Waals surface area (Å²) < 4.78 is 42.8. The molecule has 2 aromatic carbocycles. The van der Waals surface area contributed by atoms with Crippen LogP contribution >= 0.6 is 0 Å². The first-order chi connectivity index (χ1) is 17.1. The summed E-state index contributed by atoms with van der Waals surface area (Å²) in [4.78, 5) is 30.1. The maximum Gasteiger partial charge on any atom is 0.416 e. The molecule has 1 aliphatic carbocycles. The van der Waals surface area contributed by atoms with Crippen LogP contribution in [0.15, 0.2) is 42.7 Å². The van der Waals surface area contributed by atoms with Gasteiger partial charge in [0.15, 0.2) is 5.82 Å². The minimum Gasteiger partial charge on any atom is -0.304 e. The lowest BCUT2D eigenvalue weighted by molar-refractivity contribution is -0.138. The molecule has 0 N–H and O–H groups in total. The highest BCUT2D eigenvalue weighted by Gasteiger charge is 2.46. The van der Waals surface area contributed by atoms with Gasteiger partial charge in [-0.15, -0.1) is 0 Å². The van der Waals surface area contributed by atoms with Gasteiger partial charge >= 0.3 is 6.18 Å². The molecular formula is C26H22F3N5O2. The van der Waals surface area contributed by atoms with E-state index in [1.54, 1.807) is 30.2 Å². The van der Waals surface area contributed by atoms with Crippen molar-refractivity contribution < 1.29 is 22.8 Å². The van der Waals surface area contributed by atoms with E-state index < -0.39 is 17.6 Å². The molecule has 1 amide bonds. The predicted molar refractivity (Wildman–Crippen MR) is 123 cm³/mol. The molecule has 3 aromatic rings. The number of aryl methyl sites for hydroxylation is 1. The fourth-order valence-electron chi connectivity index (χ4n) is 5.53. The second kappa shape index (κ2) is 8.59. The predicted octanol–water partition coefficient (Wildman–Crippen LogP) is 4.61. The van der Waals surface area contributed by atoms with Crippen LogP contribution in [0.1, 0.15) is 62.5 Å². The zero-order chi connectivity index (χ0) is 25.7. The maximum absolute atomic E-state index is 13.7. The van der Waals surface area contributed by atoms with E-state index in [0.29, 0.717) is 30.6 Å². The highest BCUT2D eigenvalue weighted by atomic mass is 19.4. The summed E-state index contributed by atoms with van der Waals surface area (Å²) in [5.74, 6) is 0.322. The van der Waals surface area contributed by atoms with Gasteiger partial charge in [-0.05, 0) is 54.2 Å². The zero-order valence-corrected chi connectivity index (χ0v) is 19.4. The number of benzene rings is 2. The number of nitrogens with zero attached hydrogens (tertiary/aromatic N) is 5. The summed E-state index contributed by atoms with van der Waals surface area (Å²) >= 11 is 0. The standard InChI is InChI=1S/C26H22F3N5O2/c1-33-15-31-23(32-33)12-25(10-16(11-25)5-6-30)18-3-2-4-19(9-18)34-13-21-20(24(34)36)7-17(14-35)8-22(21)26(27,28)29/h2-4,7-9,14-16H,5,10-13H2,1H3. The third-order valence-corrected chi connectivity index (χ3v) is 7.16. The molecule has 5 rings (SSSR count). The summed E-state index contributed by atoms with van der Waals surface area (Å²) in [6, 6.07) is 11.5. The number of rotatable bonds is 6. The first-order valence-corrected chi connectivity index (χ1v) is 11.5. The number of carbonyl (C=O) groups is 2. The van der Waals surface area contributed by atoms with Gasteiger partial charge in [0.1, 0.15) is 12.6 Å². The van der Waals surface area contributed by atoms with E-state index in [-0.39, 0.29) is 34.6 Å². The average molecular weight is 493 g/mol. The van der Waals surface area contributed by atoms with Crippen molar-refractivity contribution in [2.24, 2.45) is 13.0 Å². The molecule has 1 aliphatic heterocycles. The Kier molecular flexibility index (Phi) is 5.66. The Balaban J connectivity index is 1.50. The van der Waals surface area contributed by atoms with E-state index in [1.165, 1.54) is 11.0 Å². The van der Waals surface area contributed by atoms with Crippen LogP contribution in [0.4, 0.5) is 18.9 Å². The van der Waals surface area contributed by atoms with Crippen molar-refractivity contribution in [1.29, 1.82) is 5.26 Å². The van der Waals surface area contributed by atoms with Crippen LogP contribution in [0.25, 0.3) is 0 Å². The first kappa shape index (κ1) is 23.7. The Labute approximate surface area is 205 Å². The highest BCUT2D eigenvalue weighted by Crippen LogP contribution is 2.51. The molecule has 184 valence electrons. The number of aldehydes is 1. The number of fused-ring (bicyclic) bond motifs is 1. The van der Waals surface area contributed by atoms with Crippen molar-refractivity contribution in [1.82, 2.24) is 14.8 Å². The van der Waals surface area contributed by atoms with Gasteiger partial charge in [0.05, 0.1) is 18.2 Å². The fourth-order valence-corrected chi connectivity index (χ4v) is 5.53. The zero-order valence-electron chi connectivity index (χ0n) is 19.4. The molecule has 1 saturated carbocycles. The molecule has 0 saturated heterocycles. The Morgan fingerprint density at radius 1 is 1.25 bits per heavy atom. The number of hydrogen-bond donors (Lipinski definition) is 0. The lowest BCUT2D eigenvalue weighted by Gasteiger charge is -2.47. The highest BCUT2D eigenvalue weighted by molar-refractivity contribution is 6.11. The summed E-state index contributed by atoms with van der Waals surface area (Å²) in [5.41, 5.74) is -0.330. The first-order valence-electron chi connectivity index (χ1n) is 11.5. The van der Waals surface area contributed by atoms with Crippen molar-refractivity contribution in [3.63, 3.8) is 0 Å². The Bertz CT molecular complexity index is 1400. The van der Waals surface area contributed by atoms with Gasteiger partial charge in [-0.25, -0.2) is 4.98 Å². The topological polar surface area (TPSA) is 91.9 Å². The Morgan fingerprint density at radius 3 is 2.67 bits per heavy atom. The van der Waals surface area contributed by atoms with Crippen molar-refractivity contribution in [2.45, 2.75) is 43.8 Å². The maximum atomic E-state index is 13.7. The molecule has 0 spiro atoms. The van der Waals surface area contributed by atoms with Crippen molar-refractivity contribution in [3.05, 3.63) is 76.4 Å². The van der Waals surface area contributed by atoms with Crippen LogP contribution in [0, 0.1) is 17.2 Å². The van der Waals surface area contributed by atoms with Crippen LogP contribution in [0.3, 0.4) is 0 Å². The molecule has 0 bridgehead atoms. The summed E-state index contributed by atoms with van der Waals surface area (Å²) in [6.07, 6.45) is -0.269. The summed E-state index contributed by atoms with van der Waals surface area (Å²) in [7, 11) is 1.78. The van der Waals surface area contributed by atoms with E-state index >= 15 is 0 Å². The van der Waals surface area contributed by atoms with Gasteiger partial charge in [-0.3, -0.25) is 14.3 Å². The fraction of sp³-hybridized carbons (Fsp3) is 0.346. The number of alkyl halides is 3. The normalized spacial score (nSPS) is 21.1. The monoisotopic (exact) mass is 493 g/mol. The second-order valence-electron chi connectivity index (χ2n) is 9.58. The summed E-state index contributed by atoms with van der Waals surface area (Å²) in [6.45, 7) is -0.239. The molecule has 0 unspecified atom stereocenters. The van der Waals surface area contributed by atoms with Gasteiger partial charge in [-0.2, -0.15) is 23.5 Å². The lowest BCUT2D eigenvalue weighted by atomic mass is 9.56. The molecule has 1 fully saturated rings. The van der Waals surface area contributed by atoms with Crippen LogP contribution in [0.5, 0.6) is 0 Å². The molecule has 7 nitrogen and oxygen atoms in total. The molecule has 2 aliphatic rings. The largest absolute Gasteiger partial charge is 0.416 e. The quantitative estimate of drug-likeness (QED) is 0.468. The van der Waals surface area contributed by atoms with E-state index in [4.69, 9.17) is 5.26 Å². The van der Waals surface area contributed by atoms with E-state index in [2.05, 4.69) is 16.2 Å². The molecular weight excluding hydrogens is 471 g/mol. The van der Waals surface area contributed by atoms with Crippen molar-refractivity contribution in [3.8, 4) is 6.07 Å². The number of hydrogen-bond acceptors (Lipinski definition) is 5. The smallest absolute Gasteiger partial charge is 0.304 e. The molecule has 10 heteroatoms. The van der Waals surface area contributed by atoms with E-state index in [0.717, 1.165) is 24.5 Å². The van der Waals surface area contributed by atoms with Gasteiger partial charge < -0.3 is 4.90 Å². The molecule has 0 radical (unpaired) electrons. The lowest BCUT2D eigenvalue weighted by Crippen LogP contribution is -2.43. The van der Waals surface area contributed by atoms with Crippen LogP contribution in [0.2, 0.25) is 0 Å². The second-order valence-corrected chi connectivity index (χ2v) is 9.58. The van der Waals surface area contributed by atoms with Gasteiger partial charge in [0.2, 0.25) is 0 Å². The average Bonchev–Trinajstić information content (AvgIpc) is 3.38. The minimum atomic E-state index is -4.69. The molecule has 0 atom stereocenters. The SMILES string of the molecule is Cn1cnc(CC2(c3cccc(N4Cc5c(cc(C=O)cc5C(F)(F)F)C4=O)c3)CC(CC#N)C2)n1. The van der Waals surface area contributed by atoms with Gasteiger partial charge in [-0.1, -0.05) is 12.1 Å². The molecule has 2 heterocycles. The number of anilines is 1. The third kappa shape index (κ3) is 4.04. The number of halogens is 3. The molecule has 1 aromatic heterocycles. The number of aromatic nitrogens is 3.